The Kier molecular flexibility index (Phi) is 3.95. The molecule has 0 unspecified atom stereocenters. The topological polar surface area (TPSA) is 3.24 Å². The van der Waals surface area contributed by atoms with Gasteiger partial charge in [-0.05, 0) is 29.9 Å². The van der Waals surface area contributed by atoms with Crippen molar-refractivity contribution in [2.24, 2.45) is 5.92 Å². The zero-order valence-electron chi connectivity index (χ0n) is 11.3. The van der Waals surface area contributed by atoms with E-state index in [2.05, 4.69) is 65.6 Å². The van der Waals surface area contributed by atoms with Crippen LogP contribution in [0.1, 0.15) is 17.5 Å². The van der Waals surface area contributed by atoms with Gasteiger partial charge in [0.2, 0.25) is 0 Å². The van der Waals surface area contributed by atoms with E-state index in [1.807, 2.05) is 0 Å². The Labute approximate surface area is 115 Å². The first-order valence-electron chi connectivity index (χ1n) is 7.20. The lowest BCUT2D eigenvalue weighted by Crippen LogP contribution is -2.45. The van der Waals surface area contributed by atoms with Gasteiger partial charge in [-0.25, -0.2) is 0 Å². The predicted molar refractivity (Wildman–Crippen MR) is 80.0 cm³/mol. The van der Waals surface area contributed by atoms with Gasteiger partial charge in [0.15, 0.2) is 0 Å². The standard InChI is InChI=1S/C18H21N/c1-3-7-16(8-4-1)11-12-18-14-19(15-18)13-17-9-5-2-6-10-17/h1-10,18H,11-15H2. The van der Waals surface area contributed by atoms with Gasteiger partial charge < -0.3 is 0 Å². The van der Waals surface area contributed by atoms with E-state index < -0.39 is 0 Å². The third-order valence-corrected chi connectivity index (χ3v) is 3.97. The summed E-state index contributed by atoms with van der Waals surface area (Å²) in [6.45, 7) is 3.64. The van der Waals surface area contributed by atoms with Crippen LogP contribution in [-0.2, 0) is 13.0 Å². The molecule has 1 heteroatoms. The molecule has 2 aromatic rings. The second kappa shape index (κ2) is 6.03. The van der Waals surface area contributed by atoms with Crippen LogP contribution in [0.3, 0.4) is 0 Å². The van der Waals surface area contributed by atoms with Crippen molar-refractivity contribution in [1.29, 1.82) is 0 Å². The predicted octanol–water partition coefficient (Wildman–Crippen LogP) is 3.75. The lowest BCUT2D eigenvalue weighted by molar-refractivity contribution is 0.0867. The number of aryl methyl sites for hydroxylation is 1. The smallest absolute Gasteiger partial charge is 0.0233 e. The summed E-state index contributed by atoms with van der Waals surface area (Å²) in [5.41, 5.74) is 2.91. The van der Waals surface area contributed by atoms with Crippen molar-refractivity contribution in [3.8, 4) is 0 Å². The highest BCUT2D eigenvalue weighted by Gasteiger charge is 2.25. The van der Waals surface area contributed by atoms with E-state index in [1.165, 1.54) is 37.1 Å². The molecule has 1 fully saturated rings. The van der Waals surface area contributed by atoms with E-state index in [4.69, 9.17) is 0 Å². The summed E-state index contributed by atoms with van der Waals surface area (Å²) in [7, 11) is 0. The molecule has 1 saturated heterocycles. The molecule has 1 heterocycles. The quantitative estimate of drug-likeness (QED) is 0.782. The highest BCUT2D eigenvalue weighted by atomic mass is 15.2. The second-order valence-electron chi connectivity index (χ2n) is 5.57. The zero-order chi connectivity index (χ0) is 12.9. The molecule has 1 aliphatic rings. The number of likely N-dealkylation sites (tertiary alicyclic amines) is 1. The minimum Gasteiger partial charge on any atom is -0.298 e. The van der Waals surface area contributed by atoms with Crippen molar-refractivity contribution in [2.75, 3.05) is 13.1 Å². The lowest BCUT2D eigenvalue weighted by atomic mass is 9.92. The molecule has 0 spiro atoms. The fourth-order valence-corrected chi connectivity index (χ4v) is 2.85. The molecule has 0 amide bonds. The van der Waals surface area contributed by atoms with Crippen LogP contribution in [-0.4, -0.2) is 18.0 Å². The Bertz CT molecular complexity index is 486. The van der Waals surface area contributed by atoms with Gasteiger partial charge in [-0.3, -0.25) is 4.90 Å². The van der Waals surface area contributed by atoms with Crippen molar-refractivity contribution >= 4 is 0 Å². The molecule has 2 aromatic carbocycles. The largest absolute Gasteiger partial charge is 0.298 e. The third-order valence-electron chi connectivity index (χ3n) is 3.97. The summed E-state index contributed by atoms with van der Waals surface area (Å²) < 4.78 is 0. The molecule has 0 bridgehead atoms. The van der Waals surface area contributed by atoms with Crippen LogP contribution in [0.5, 0.6) is 0 Å². The van der Waals surface area contributed by atoms with Crippen molar-refractivity contribution < 1.29 is 0 Å². The van der Waals surface area contributed by atoms with Crippen LogP contribution >= 0.6 is 0 Å². The summed E-state index contributed by atoms with van der Waals surface area (Å²) in [6, 6.07) is 21.6. The fraction of sp³-hybridized carbons (Fsp3) is 0.333. The molecule has 0 saturated carbocycles. The van der Waals surface area contributed by atoms with Gasteiger partial charge in [-0.15, -0.1) is 0 Å². The molecule has 0 atom stereocenters. The molecule has 0 radical (unpaired) electrons. The second-order valence-corrected chi connectivity index (χ2v) is 5.57. The first-order chi connectivity index (χ1) is 9.40. The average Bonchev–Trinajstić information content (AvgIpc) is 2.43. The van der Waals surface area contributed by atoms with Crippen LogP contribution in [0, 0.1) is 5.92 Å². The van der Waals surface area contributed by atoms with Crippen LogP contribution in [0.4, 0.5) is 0 Å². The van der Waals surface area contributed by atoms with Crippen LogP contribution in [0.2, 0.25) is 0 Å². The Morgan fingerprint density at radius 3 is 2.00 bits per heavy atom. The van der Waals surface area contributed by atoms with Crippen molar-refractivity contribution in [3.05, 3.63) is 71.8 Å². The van der Waals surface area contributed by atoms with E-state index in [0.29, 0.717) is 0 Å². The molecule has 19 heavy (non-hydrogen) atoms. The van der Waals surface area contributed by atoms with Crippen molar-refractivity contribution in [1.82, 2.24) is 4.90 Å². The maximum absolute atomic E-state index is 2.55. The van der Waals surface area contributed by atoms with E-state index in [0.717, 1.165) is 12.5 Å². The molecular weight excluding hydrogens is 230 g/mol. The fourth-order valence-electron chi connectivity index (χ4n) is 2.85. The maximum atomic E-state index is 2.55. The lowest BCUT2D eigenvalue weighted by Gasteiger charge is -2.39. The van der Waals surface area contributed by atoms with Crippen molar-refractivity contribution in [3.63, 3.8) is 0 Å². The maximum Gasteiger partial charge on any atom is 0.0233 e. The Morgan fingerprint density at radius 1 is 0.789 bits per heavy atom. The zero-order valence-corrected chi connectivity index (χ0v) is 11.3. The van der Waals surface area contributed by atoms with Gasteiger partial charge in [-0.1, -0.05) is 60.7 Å². The number of benzene rings is 2. The van der Waals surface area contributed by atoms with Gasteiger partial charge >= 0.3 is 0 Å². The molecule has 1 nitrogen and oxygen atoms in total. The molecule has 0 aliphatic carbocycles. The first-order valence-corrected chi connectivity index (χ1v) is 7.20. The molecule has 0 aromatic heterocycles. The summed E-state index contributed by atoms with van der Waals surface area (Å²) in [5.74, 6) is 0.893. The summed E-state index contributed by atoms with van der Waals surface area (Å²) in [6.07, 6.45) is 2.56. The van der Waals surface area contributed by atoms with Gasteiger partial charge in [-0.2, -0.15) is 0 Å². The number of hydrogen-bond acceptors (Lipinski definition) is 1. The Hall–Kier alpha value is -1.60. The van der Waals surface area contributed by atoms with Gasteiger partial charge in [0.25, 0.3) is 0 Å². The van der Waals surface area contributed by atoms with Gasteiger partial charge in [0.05, 0.1) is 0 Å². The summed E-state index contributed by atoms with van der Waals surface area (Å²) in [4.78, 5) is 2.55. The SMILES string of the molecule is c1ccc(CCC2CN(Cc3ccccc3)C2)cc1. The monoisotopic (exact) mass is 251 g/mol. The average molecular weight is 251 g/mol. The van der Waals surface area contributed by atoms with Crippen LogP contribution in [0.15, 0.2) is 60.7 Å². The van der Waals surface area contributed by atoms with Gasteiger partial charge in [0.1, 0.15) is 0 Å². The molecule has 0 N–H and O–H groups in total. The summed E-state index contributed by atoms with van der Waals surface area (Å²) in [5, 5.41) is 0. The number of hydrogen-bond donors (Lipinski definition) is 0. The highest BCUT2D eigenvalue weighted by molar-refractivity contribution is 5.16. The third kappa shape index (κ3) is 3.45. The summed E-state index contributed by atoms with van der Waals surface area (Å²) >= 11 is 0. The van der Waals surface area contributed by atoms with Crippen molar-refractivity contribution in [2.45, 2.75) is 19.4 Å². The first kappa shape index (κ1) is 12.4. The minimum absolute atomic E-state index is 0.893. The molecule has 98 valence electrons. The number of nitrogens with zero attached hydrogens (tertiary/aromatic N) is 1. The normalized spacial score (nSPS) is 16.2. The van der Waals surface area contributed by atoms with E-state index >= 15 is 0 Å². The van der Waals surface area contributed by atoms with E-state index in [9.17, 15) is 0 Å². The molecular formula is C18H21N. The van der Waals surface area contributed by atoms with E-state index in [1.54, 1.807) is 0 Å². The number of rotatable bonds is 5. The Balaban J connectivity index is 1.39. The van der Waals surface area contributed by atoms with Crippen LogP contribution < -0.4 is 0 Å². The van der Waals surface area contributed by atoms with Gasteiger partial charge in [0, 0.05) is 19.6 Å². The Morgan fingerprint density at radius 2 is 1.37 bits per heavy atom. The molecule has 3 rings (SSSR count). The highest BCUT2D eigenvalue weighted by Crippen LogP contribution is 2.23. The molecule has 1 aliphatic heterocycles. The van der Waals surface area contributed by atoms with Crippen LogP contribution in [0.25, 0.3) is 0 Å². The van der Waals surface area contributed by atoms with E-state index in [-0.39, 0.29) is 0 Å². The minimum atomic E-state index is 0.893.